The first-order valence-electron chi connectivity index (χ1n) is 8.05. The second-order valence-corrected chi connectivity index (χ2v) is 6.43. The normalized spacial score (nSPS) is 17.4. The molecule has 0 aliphatic heterocycles. The molecule has 0 radical (unpaired) electrons. The number of aromatic nitrogens is 2. The number of rotatable bonds is 7. The second-order valence-electron chi connectivity index (χ2n) is 6.43. The quantitative estimate of drug-likeness (QED) is 0.820. The maximum atomic E-state index is 13.7. The minimum Gasteiger partial charge on any atom is -0.387 e. The van der Waals surface area contributed by atoms with E-state index in [1.54, 1.807) is 18.2 Å². The van der Waals surface area contributed by atoms with Crippen molar-refractivity contribution >= 4 is 0 Å². The highest BCUT2D eigenvalue weighted by Gasteiger charge is 2.31. The minimum atomic E-state index is -0.928. The number of aliphatic hydroxyl groups is 1. The Morgan fingerprint density at radius 2 is 2.09 bits per heavy atom. The molecule has 1 fully saturated rings. The molecular weight excluding hydrogens is 297 g/mol. The summed E-state index contributed by atoms with van der Waals surface area (Å²) in [7, 11) is 0. The molecule has 1 aromatic carbocycles. The van der Waals surface area contributed by atoms with Crippen LogP contribution in [0.15, 0.2) is 28.8 Å². The van der Waals surface area contributed by atoms with Crippen LogP contribution >= 0.6 is 0 Å². The number of nitrogens with zero attached hydrogens (tertiary/aromatic N) is 2. The zero-order chi connectivity index (χ0) is 16.4. The zero-order valence-corrected chi connectivity index (χ0v) is 13.4. The summed E-state index contributed by atoms with van der Waals surface area (Å²) in [6, 6.07) is 6.08. The number of aliphatic hydroxyl groups excluding tert-OH is 1. The smallest absolute Gasteiger partial charge is 0.244 e. The van der Waals surface area contributed by atoms with Gasteiger partial charge in [-0.2, -0.15) is 4.98 Å². The number of hydrogen-bond acceptors (Lipinski definition) is 5. The van der Waals surface area contributed by atoms with Gasteiger partial charge in [-0.25, -0.2) is 4.39 Å². The summed E-state index contributed by atoms with van der Waals surface area (Å²) in [5, 5.41) is 17.5. The number of benzene rings is 1. The van der Waals surface area contributed by atoms with Gasteiger partial charge in [-0.15, -0.1) is 0 Å². The molecule has 0 spiro atoms. The highest BCUT2D eigenvalue weighted by molar-refractivity contribution is 5.20. The van der Waals surface area contributed by atoms with Crippen molar-refractivity contribution in [2.24, 2.45) is 5.92 Å². The van der Waals surface area contributed by atoms with Gasteiger partial charge in [-0.1, -0.05) is 37.2 Å². The largest absolute Gasteiger partial charge is 0.387 e. The van der Waals surface area contributed by atoms with Crippen molar-refractivity contribution in [2.75, 3.05) is 6.54 Å². The van der Waals surface area contributed by atoms with Gasteiger partial charge < -0.3 is 14.9 Å². The molecule has 0 bridgehead atoms. The lowest BCUT2D eigenvalue weighted by atomic mass is 10.0. The number of hydrogen-bond donors (Lipinski definition) is 2. The molecule has 2 N–H and O–H groups in total. The van der Waals surface area contributed by atoms with Crippen LogP contribution in [-0.2, 0) is 0 Å². The molecule has 1 aliphatic carbocycles. The van der Waals surface area contributed by atoms with E-state index in [-0.39, 0.29) is 24.1 Å². The highest BCUT2D eigenvalue weighted by Crippen LogP contribution is 2.38. The minimum absolute atomic E-state index is 0.170. The van der Waals surface area contributed by atoms with Gasteiger partial charge in [0.25, 0.3) is 0 Å². The van der Waals surface area contributed by atoms with Crippen molar-refractivity contribution in [3.05, 3.63) is 47.4 Å². The fourth-order valence-electron chi connectivity index (χ4n) is 2.58. The van der Waals surface area contributed by atoms with Crippen LogP contribution < -0.4 is 5.32 Å². The van der Waals surface area contributed by atoms with Gasteiger partial charge in [0.1, 0.15) is 5.82 Å². The molecule has 0 saturated heterocycles. The second kappa shape index (κ2) is 6.76. The maximum Gasteiger partial charge on any atom is 0.244 e. The Kier molecular flexibility index (Phi) is 4.73. The maximum absolute atomic E-state index is 13.7. The average Bonchev–Trinajstić information content (AvgIpc) is 3.26. The SMILES string of the molecule is CC(C)C(NCC(O)c1ccccc1F)c1nc(C2CC2)no1. The third kappa shape index (κ3) is 3.76. The Hall–Kier alpha value is -1.79. The van der Waals surface area contributed by atoms with Crippen LogP contribution in [0, 0.1) is 11.7 Å². The molecular formula is C17H22FN3O2. The van der Waals surface area contributed by atoms with Gasteiger partial charge >= 0.3 is 0 Å². The van der Waals surface area contributed by atoms with Crippen LogP contribution in [0.1, 0.15) is 62.0 Å². The summed E-state index contributed by atoms with van der Waals surface area (Å²) in [5.41, 5.74) is 0.284. The van der Waals surface area contributed by atoms with Crippen molar-refractivity contribution in [1.82, 2.24) is 15.5 Å². The summed E-state index contributed by atoms with van der Waals surface area (Å²) in [5.74, 6) is 1.53. The first-order chi connectivity index (χ1) is 11.1. The van der Waals surface area contributed by atoms with Gasteiger partial charge in [0.05, 0.1) is 12.1 Å². The predicted octanol–water partition coefficient (Wildman–Crippen LogP) is 3.11. The van der Waals surface area contributed by atoms with Gasteiger partial charge in [-0.05, 0) is 24.8 Å². The molecule has 2 unspecified atom stereocenters. The van der Waals surface area contributed by atoms with E-state index in [1.165, 1.54) is 6.07 Å². The third-order valence-corrected chi connectivity index (χ3v) is 4.13. The van der Waals surface area contributed by atoms with Crippen molar-refractivity contribution in [3.63, 3.8) is 0 Å². The molecule has 23 heavy (non-hydrogen) atoms. The van der Waals surface area contributed by atoms with E-state index in [1.807, 2.05) is 13.8 Å². The lowest BCUT2D eigenvalue weighted by Crippen LogP contribution is -2.30. The molecule has 124 valence electrons. The topological polar surface area (TPSA) is 71.2 Å². The van der Waals surface area contributed by atoms with Gasteiger partial charge in [-0.3, -0.25) is 0 Å². The summed E-state index contributed by atoms with van der Waals surface area (Å²) < 4.78 is 19.1. The van der Waals surface area contributed by atoms with Gasteiger partial charge in [0, 0.05) is 18.0 Å². The lowest BCUT2D eigenvalue weighted by Gasteiger charge is -2.21. The van der Waals surface area contributed by atoms with Crippen LogP contribution in [0.3, 0.4) is 0 Å². The summed E-state index contributed by atoms with van der Waals surface area (Å²) in [6.45, 7) is 4.28. The first kappa shape index (κ1) is 16.1. The van der Waals surface area contributed by atoms with E-state index in [4.69, 9.17) is 4.52 Å². The fourth-order valence-corrected chi connectivity index (χ4v) is 2.58. The Labute approximate surface area is 134 Å². The fraction of sp³-hybridized carbons (Fsp3) is 0.529. The van der Waals surface area contributed by atoms with Crippen LogP contribution in [0.25, 0.3) is 0 Å². The summed E-state index contributed by atoms with van der Waals surface area (Å²) >= 11 is 0. The molecule has 1 aliphatic rings. The van der Waals surface area contributed by atoms with E-state index in [0.717, 1.165) is 18.7 Å². The van der Waals surface area contributed by atoms with E-state index in [0.29, 0.717) is 11.8 Å². The Balaban J connectivity index is 1.66. The molecule has 1 heterocycles. The molecule has 2 atom stereocenters. The number of nitrogens with one attached hydrogen (secondary N) is 1. The van der Waals surface area contributed by atoms with Gasteiger partial charge in [0.2, 0.25) is 5.89 Å². The summed E-state index contributed by atoms with van der Waals surface area (Å²) in [6.07, 6.45) is 1.30. The third-order valence-electron chi connectivity index (χ3n) is 4.13. The van der Waals surface area contributed by atoms with Crippen LogP contribution in [0.4, 0.5) is 4.39 Å². The van der Waals surface area contributed by atoms with E-state index < -0.39 is 11.9 Å². The highest BCUT2D eigenvalue weighted by atomic mass is 19.1. The lowest BCUT2D eigenvalue weighted by molar-refractivity contribution is 0.156. The van der Waals surface area contributed by atoms with Crippen molar-refractivity contribution < 1.29 is 14.0 Å². The summed E-state index contributed by atoms with van der Waals surface area (Å²) in [4.78, 5) is 4.47. The molecule has 5 nitrogen and oxygen atoms in total. The monoisotopic (exact) mass is 319 g/mol. The molecule has 1 saturated carbocycles. The van der Waals surface area contributed by atoms with E-state index in [9.17, 15) is 9.50 Å². The molecule has 6 heteroatoms. The predicted molar refractivity (Wildman–Crippen MR) is 83.2 cm³/mol. The van der Waals surface area contributed by atoms with Crippen molar-refractivity contribution in [1.29, 1.82) is 0 Å². The van der Waals surface area contributed by atoms with Crippen LogP contribution in [-0.4, -0.2) is 21.8 Å². The Morgan fingerprint density at radius 3 is 2.74 bits per heavy atom. The Morgan fingerprint density at radius 1 is 1.35 bits per heavy atom. The first-order valence-corrected chi connectivity index (χ1v) is 8.05. The number of halogens is 1. The van der Waals surface area contributed by atoms with Crippen LogP contribution in [0.5, 0.6) is 0 Å². The van der Waals surface area contributed by atoms with Crippen molar-refractivity contribution in [2.45, 2.75) is 44.8 Å². The van der Waals surface area contributed by atoms with Crippen LogP contribution in [0.2, 0.25) is 0 Å². The molecule has 0 amide bonds. The standard InChI is InChI=1S/C17H22FN3O2/c1-10(2)15(17-20-16(21-23-17)11-7-8-11)19-9-14(22)12-5-3-4-6-13(12)18/h3-6,10-11,14-15,19,22H,7-9H2,1-2H3. The van der Waals surface area contributed by atoms with Crippen molar-refractivity contribution in [3.8, 4) is 0 Å². The molecule has 1 aromatic heterocycles. The van der Waals surface area contributed by atoms with E-state index in [2.05, 4.69) is 15.5 Å². The molecule has 2 aromatic rings. The Bertz CT molecular complexity index is 655. The molecule has 3 rings (SSSR count). The van der Waals surface area contributed by atoms with Gasteiger partial charge in [0.15, 0.2) is 5.82 Å². The average molecular weight is 319 g/mol. The zero-order valence-electron chi connectivity index (χ0n) is 13.4. The van der Waals surface area contributed by atoms with E-state index >= 15 is 0 Å².